The van der Waals surface area contributed by atoms with Crippen LogP contribution in [-0.2, 0) is 0 Å². The van der Waals surface area contributed by atoms with Crippen molar-refractivity contribution in [1.82, 2.24) is 24.5 Å². The average molecular weight is 334 g/mol. The van der Waals surface area contributed by atoms with Gasteiger partial charge < -0.3 is 14.2 Å². The molecule has 1 saturated heterocycles. The zero-order valence-electron chi connectivity index (χ0n) is 14.0. The fourth-order valence-corrected chi connectivity index (χ4v) is 3.36. The van der Waals surface area contributed by atoms with E-state index in [9.17, 15) is 0 Å². The summed E-state index contributed by atoms with van der Waals surface area (Å²) in [4.78, 5) is 9.52. The summed E-state index contributed by atoms with van der Waals surface area (Å²) in [6.07, 6.45) is 1.65. The van der Waals surface area contributed by atoms with Crippen LogP contribution in [0.1, 0.15) is 0 Å². The first-order valence-electron chi connectivity index (χ1n) is 8.42. The van der Waals surface area contributed by atoms with Crippen LogP contribution in [0.4, 0.5) is 5.82 Å². The summed E-state index contributed by atoms with van der Waals surface area (Å²) in [6.45, 7) is 3.89. The average Bonchev–Trinajstić information content (AvgIpc) is 3.31. The number of fused-ring (bicyclic) bond motifs is 3. The topological polar surface area (TPSA) is 62.7 Å². The van der Waals surface area contributed by atoms with E-state index in [-0.39, 0.29) is 0 Å². The third-order valence-electron chi connectivity index (χ3n) is 4.76. The highest BCUT2D eigenvalue weighted by Crippen LogP contribution is 2.29. The second-order valence-electron chi connectivity index (χ2n) is 6.37. The van der Waals surface area contributed by atoms with Crippen molar-refractivity contribution in [1.29, 1.82) is 0 Å². The van der Waals surface area contributed by atoms with Crippen molar-refractivity contribution in [2.24, 2.45) is 0 Å². The van der Waals surface area contributed by atoms with E-state index in [4.69, 9.17) is 9.40 Å². The Bertz CT molecular complexity index is 1030. The van der Waals surface area contributed by atoms with Gasteiger partial charge >= 0.3 is 0 Å². The molecule has 0 aliphatic carbocycles. The fraction of sp³-hybridized carbons (Fsp3) is 0.278. The number of para-hydroxylation sites is 2. The van der Waals surface area contributed by atoms with E-state index < -0.39 is 0 Å². The maximum Gasteiger partial charge on any atom is 0.204 e. The summed E-state index contributed by atoms with van der Waals surface area (Å²) in [6, 6.07) is 11.8. The van der Waals surface area contributed by atoms with Gasteiger partial charge in [0.15, 0.2) is 11.6 Å². The number of anilines is 1. The van der Waals surface area contributed by atoms with Crippen molar-refractivity contribution < 1.29 is 4.42 Å². The maximum absolute atomic E-state index is 5.57. The summed E-state index contributed by atoms with van der Waals surface area (Å²) < 4.78 is 7.62. The summed E-state index contributed by atoms with van der Waals surface area (Å²) in [5.41, 5.74) is 2.68. The molecule has 7 heteroatoms. The van der Waals surface area contributed by atoms with E-state index in [1.54, 1.807) is 6.26 Å². The third kappa shape index (κ3) is 2.27. The molecule has 0 N–H and O–H groups in total. The number of aromatic nitrogens is 4. The molecule has 0 unspecified atom stereocenters. The number of benzene rings is 1. The van der Waals surface area contributed by atoms with Gasteiger partial charge in [0, 0.05) is 26.2 Å². The number of hydrogen-bond acceptors (Lipinski definition) is 6. The molecule has 1 fully saturated rings. The minimum Gasteiger partial charge on any atom is -0.461 e. The van der Waals surface area contributed by atoms with Gasteiger partial charge in [-0.15, -0.1) is 10.2 Å². The molecule has 0 atom stereocenters. The molecule has 5 rings (SSSR count). The molecule has 0 spiro atoms. The van der Waals surface area contributed by atoms with Crippen molar-refractivity contribution in [3.8, 4) is 11.6 Å². The van der Waals surface area contributed by atoms with E-state index in [0.29, 0.717) is 11.6 Å². The van der Waals surface area contributed by atoms with Crippen LogP contribution in [0.15, 0.2) is 47.1 Å². The summed E-state index contributed by atoms with van der Waals surface area (Å²) in [5, 5.41) is 8.85. The first-order valence-corrected chi connectivity index (χ1v) is 8.42. The highest BCUT2D eigenvalue weighted by molar-refractivity contribution is 5.85. The predicted molar refractivity (Wildman–Crippen MR) is 95.7 cm³/mol. The zero-order chi connectivity index (χ0) is 16.8. The first kappa shape index (κ1) is 14.4. The van der Waals surface area contributed by atoms with Gasteiger partial charge in [0.05, 0.1) is 17.3 Å². The Hall–Kier alpha value is -2.93. The number of furan rings is 1. The number of piperazine rings is 1. The van der Waals surface area contributed by atoms with Gasteiger partial charge in [0.2, 0.25) is 11.5 Å². The Balaban J connectivity index is 1.78. The molecule has 0 radical (unpaired) electrons. The van der Waals surface area contributed by atoms with Crippen molar-refractivity contribution in [3.05, 3.63) is 42.7 Å². The lowest BCUT2D eigenvalue weighted by molar-refractivity contribution is 0.312. The first-order chi connectivity index (χ1) is 12.3. The summed E-state index contributed by atoms with van der Waals surface area (Å²) >= 11 is 0. The molecule has 0 amide bonds. The van der Waals surface area contributed by atoms with Crippen LogP contribution in [0.5, 0.6) is 0 Å². The van der Waals surface area contributed by atoms with Crippen LogP contribution in [-0.4, -0.2) is 57.7 Å². The Labute approximate surface area is 144 Å². The van der Waals surface area contributed by atoms with Gasteiger partial charge in [-0.25, -0.2) is 4.98 Å². The van der Waals surface area contributed by atoms with Crippen molar-refractivity contribution in [2.75, 3.05) is 38.1 Å². The molecule has 1 aliphatic rings. The molecular formula is C18H18N6O. The molecule has 3 aromatic heterocycles. The number of nitrogens with zero attached hydrogens (tertiary/aromatic N) is 6. The van der Waals surface area contributed by atoms with Gasteiger partial charge in [-0.2, -0.15) is 0 Å². The van der Waals surface area contributed by atoms with Gasteiger partial charge in [-0.3, -0.25) is 4.40 Å². The number of rotatable bonds is 2. The Morgan fingerprint density at radius 3 is 2.60 bits per heavy atom. The number of hydrogen-bond donors (Lipinski definition) is 0. The number of likely N-dealkylation sites (N-methyl/N-ethyl adjacent to an activating group) is 1. The SMILES string of the molecule is CN1CCN(c2nc3ccccc3n3c(-c4ccco4)nnc23)CC1. The second kappa shape index (κ2) is 5.56. The molecule has 7 nitrogen and oxygen atoms in total. The third-order valence-corrected chi connectivity index (χ3v) is 4.76. The molecule has 1 aliphatic heterocycles. The Morgan fingerprint density at radius 1 is 0.960 bits per heavy atom. The van der Waals surface area contributed by atoms with E-state index >= 15 is 0 Å². The van der Waals surface area contributed by atoms with Crippen LogP contribution in [0.2, 0.25) is 0 Å². The van der Waals surface area contributed by atoms with Crippen LogP contribution >= 0.6 is 0 Å². The van der Waals surface area contributed by atoms with Crippen molar-refractivity contribution in [3.63, 3.8) is 0 Å². The van der Waals surface area contributed by atoms with Gasteiger partial charge in [0.25, 0.3) is 0 Å². The highest BCUT2D eigenvalue weighted by atomic mass is 16.3. The molecule has 25 heavy (non-hydrogen) atoms. The summed E-state index contributed by atoms with van der Waals surface area (Å²) in [5.74, 6) is 2.29. The lowest BCUT2D eigenvalue weighted by Crippen LogP contribution is -2.45. The molecule has 1 aromatic carbocycles. The molecule has 4 aromatic rings. The van der Waals surface area contributed by atoms with Crippen LogP contribution in [0, 0.1) is 0 Å². The standard InChI is InChI=1S/C18H18N6O/c1-22-8-10-23(11-9-22)17-18-21-20-16(15-7-4-12-25-15)24(18)14-6-3-2-5-13(14)19-17/h2-7,12H,8-11H2,1H3. The maximum atomic E-state index is 5.57. The molecule has 4 heterocycles. The Morgan fingerprint density at radius 2 is 1.80 bits per heavy atom. The van der Waals surface area contributed by atoms with Crippen LogP contribution < -0.4 is 4.90 Å². The molecule has 0 bridgehead atoms. The van der Waals surface area contributed by atoms with Crippen LogP contribution in [0.3, 0.4) is 0 Å². The van der Waals surface area contributed by atoms with Crippen molar-refractivity contribution >= 4 is 22.5 Å². The second-order valence-corrected chi connectivity index (χ2v) is 6.37. The smallest absolute Gasteiger partial charge is 0.204 e. The highest BCUT2D eigenvalue weighted by Gasteiger charge is 2.23. The van der Waals surface area contributed by atoms with E-state index in [0.717, 1.165) is 48.7 Å². The van der Waals surface area contributed by atoms with E-state index in [2.05, 4.69) is 31.4 Å². The van der Waals surface area contributed by atoms with Gasteiger partial charge in [0.1, 0.15) is 0 Å². The Kier molecular flexibility index (Phi) is 3.21. The minimum atomic E-state index is 0.702. The fourth-order valence-electron chi connectivity index (χ4n) is 3.36. The normalized spacial score (nSPS) is 16.1. The molecule has 126 valence electrons. The van der Waals surface area contributed by atoms with Crippen LogP contribution in [0.25, 0.3) is 28.3 Å². The lowest BCUT2D eigenvalue weighted by Gasteiger charge is -2.33. The van der Waals surface area contributed by atoms with Gasteiger partial charge in [-0.05, 0) is 31.3 Å². The van der Waals surface area contributed by atoms with E-state index in [1.165, 1.54) is 0 Å². The van der Waals surface area contributed by atoms with Gasteiger partial charge in [-0.1, -0.05) is 12.1 Å². The minimum absolute atomic E-state index is 0.702. The quantitative estimate of drug-likeness (QED) is 0.560. The lowest BCUT2D eigenvalue weighted by atomic mass is 10.2. The predicted octanol–water partition coefficient (Wildman–Crippen LogP) is 2.29. The monoisotopic (exact) mass is 334 g/mol. The van der Waals surface area contributed by atoms with E-state index in [1.807, 2.05) is 36.4 Å². The summed E-state index contributed by atoms with van der Waals surface area (Å²) in [7, 11) is 2.15. The molecular weight excluding hydrogens is 316 g/mol. The largest absolute Gasteiger partial charge is 0.461 e. The van der Waals surface area contributed by atoms with Crippen molar-refractivity contribution in [2.45, 2.75) is 0 Å². The zero-order valence-corrected chi connectivity index (χ0v) is 14.0. The molecule has 0 saturated carbocycles.